The van der Waals surface area contributed by atoms with Crippen molar-refractivity contribution in [3.63, 3.8) is 0 Å². The maximum atomic E-state index is 12.8. The van der Waals surface area contributed by atoms with Crippen molar-refractivity contribution in [1.29, 1.82) is 0 Å². The van der Waals surface area contributed by atoms with Gasteiger partial charge in [0.1, 0.15) is 12.1 Å². The molecule has 7 nitrogen and oxygen atoms in total. The highest BCUT2D eigenvalue weighted by Crippen LogP contribution is 2.21. The number of fused-ring (bicyclic) bond motifs is 1. The molecule has 2 N–H and O–H groups in total. The minimum absolute atomic E-state index is 0.0743. The molecule has 1 amide bonds. The number of amides is 1. The molecule has 2 aromatic heterocycles. The molecule has 0 bridgehead atoms. The van der Waals surface area contributed by atoms with E-state index < -0.39 is 0 Å². The molecular formula is C27H24N6O. The van der Waals surface area contributed by atoms with Crippen LogP contribution in [0.1, 0.15) is 34.5 Å². The first-order valence-electron chi connectivity index (χ1n) is 11.1. The molecule has 0 radical (unpaired) electrons. The van der Waals surface area contributed by atoms with Crippen molar-refractivity contribution in [2.75, 3.05) is 5.32 Å². The minimum atomic E-state index is -0.142. The Hall–Kier alpha value is -4.52. The van der Waals surface area contributed by atoms with E-state index in [1.807, 2.05) is 65.2 Å². The molecule has 1 atom stereocenters. The van der Waals surface area contributed by atoms with Gasteiger partial charge in [-0.05, 0) is 36.2 Å². The Balaban J connectivity index is 1.37. The Kier molecular flexibility index (Phi) is 5.99. The summed E-state index contributed by atoms with van der Waals surface area (Å²) in [5.41, 5.74) is 4.33. The number of benzene rings is 3. The Morgan fingerprint density at radius 3 is 2.53 bits per heavy atom. The number of hydrogen-bond acceptors (Lipinski definition) is 5. The molecule has 5 aromatic rings. The van der Waals surface area contributed by atoms with Crippen LogP contribution >= 0.6 is 0 Å². The highest BCUT2D eigenvalue weighted by molar-refractivity contribution is 5.97. The first-order chi connectivity index (χ1) is 16.7. The zero-order valence-electron chi connectivity index (χ0n) is 18.7. The number of hydrogen-bond donors (Lipinski definition) is 2. The van der Waals surface area contributed by atoms with E-state index >= 15 is 0 Å². The number of carbonyl (C=O) groups excluding carboxylic acids is 1. The Labute approximate surface area is 197 Å². The van der Waals surface area contributed by atoms with E-state index in [9.17, 15) is 4.79 Å². The molecule has 0 saturated carbocycles. The van der Waals surface area contributed by atoms with Gasteiger partial charge in [-0.1, -0.05) is 60.7 Å². The minimum Gasteiger partial charge on any atom is -0.362 e. The molecule has 0 aliphatic heterocycles. The third-order valence-corrected chi connectivity index (χ3v) is 5.64. The third kappa shape index (κ3) is 4.63. The van der Waals surface area contributed by atoms with Crippen LogP contribution < -0.4 is 10.6 Å². The van der Waals surface area contributed by atoms with Gasteiger partial charge in [-0.15, -0.1) is 0 Å². The SMILES string of the molecule is C[C@H](Nc1cncc(-n2cnc3ccc(C(=O)NCc4ccccc4)cc32)n1)c1ccccc1. The summed E-state index contributed by atoms with van der Waals surface area (Å²) >= 11 is 0. The number of imidazole rings is 1. The molecule has 2 heterocycles. The standard InChI is InChI=1S/C27H24N6O/c1-19(21-10-6-3-7-11-21)31-25-16-28-17-26(32-25)33-18-30-23-13-12-22(14-24(23)33)27(34)29-15-20-8-4-2-5-9-20/h2-14,16-19H,15H2,1H3,(H,29,34)(H,31,32)/t19-/m0/s1. The summed E-state index contributed by atoms with van der Waals surface area (Å²) in [4.78, 5) is 26.3. The number of anilines is 1. The Bertz CT molecular complexity index is 1420. The van der Waals surface area contributed by atoms with E-state index in [1.54, 1.807) is 24.8 Å². The predicted octanol–water partition coefficient (Wildman–Crippen LogP) is 4.92. The fourth-order valence-electron chi connectivity index (χ4n) is 3.80. The zero-order valence-corrected chi connectivity index (χ0v) is 18.7. The second-order valence-electron chi connectivity index (χ2n) is 8.03. The van der Waals surface area contributed by atoms with Gasteiger partial charge in [-0.2, -0.15) is 0 Å². The average molecular weight is 449 g/mol. The molecule has 168 valence electrons. The number of nitrogens with zero attached hydrogens (tertiary/aromatic N) is 4. The Morgan fingerprint density at radius 1 is 0.971 bits per heavy atom. The van der Waals surface area contributed by atoms with Crippen molar-refractivity contribution >= 4 is 22.8 Å². The lowest BCUT2D eigenvalue weighted by Gasteiger charge is -2.15. The van der Waals surface area contributed by atoms with Crippen molar-refractivity contribution in [3.05, 3.63) is 114 Å². The summed E-state index contributed by atoms with van der Waals surface area (Å²) in [5.74, 6) is 1.14. The Morgan fingerprint density at radius 2 is 1.74 bits per heavy atom. The van der Waals surface area contributed by atoms with Crippen molar-refractivity contribution in [2.24, 2.45) is 0 Å². The van der Waals surface area contributed by atoms with E-state index in [2.05, 4.69) is 39.7 Å². The molecule has 0 spiro atoms. The highest BCUT2D eigenvalue weighted by atomic mass is 16.1. The highest BCUT2D eigenvalue weighted by Gasteiger charge is 2.13. The van der Waals surface area contributed by atoms with Gasteiger partial charge in [0, 0.05) is 18.2 Å². The molecule has 0 fully saturated rings. The smallest absolute Gasteiger partial charge is 0.251 e. The summed E-state index contributed by atoms with van der Waals surface area (Å²) in [5, 5.41) is 6.37. The molecule has 0 aliphatic carbocycles. The molecule has 0 aliphatic rings. The van der Waals surface area contributed by atoms with Crippen LogP contribution in [0.2, 0.25) is 0 Å². The van der Waals surface area contributed by atoms with E-state index in [1.165, 1.54) is 0 Å². The summed E-state index contributed by atoms with van der Waals surface area (Å²) in [6.07, 6.45) is 5.08. The first-order valence-corrected chi connectivity index (χ1v) is 11.1. The number of carbonyl (C=O) groups is 1. The molecule has 3 aromatic carbocycles. The van der Waals surface area contributed by atoms with E-state index in [0.29, 0.717) is 23.7 Å². The fourth-order valence-corrected chi connectivity index (χ4v) is 3.80. The van der Waals surface area contributed by atoms with E-state index in [4.69, 9.17) is 4.98 Å². The van der Waals surface area contributed by atoms with Crippen molar-refractivity contribution < 1.29 is 4.79 Å². The van der Waals surface area contributed by atoms with Gasteiger partial charge in [-0.25, -0.2) is 9.97 Å². The second-order valence-corrected chi connectivity index (χ2v) is 8.03. The zero-order chi connectivity index (χ0) is 23.3. The summed E-state index contributed by atoms with van der Waals surface area (Å²) < 4.78 is 1.84. The third-order valence-electron chi connectivity index (χ3n) is 5.64. The second kappa shape index (κ2) is 9.54. The molecule has 34 heavy (non-hydrogen) atoms. The predicted molar refractivity (Wildman–Crippen MR) is 133 cm³/mol. The van der Waals surface area contributed by atoms with Crippen LogP contribution in [-0.2, 0) is 6.54 Å². The lowest BCUT2D eigenvalue weighted by molar-refractivity contribution is 0.0951. The number of nitrogens with one attached hydrogen (secondary N) is 2. The van der Waals surface area contributed by atoms with Crippen LogP contribution in [0.15, 0.2) is 97.6 Å². The first kappa shape index (κ1) is 21.3. The molecule has 5 rings (SSSR count). The lowest BCUT2D eigenvalue weighted by Crippen LogP contribution is -2.22. The lowest BCUT2D eigenvalue weighted by atomic mass is 10.1. The average Bonchev–Trinajstić information content (AvgIpc) is 3.32. The quantitative estimate of drug-likeness (QED) is 0.369. The summed E-state index contributed by atoms with van der Waals surface area (Å²) in [6.45, 7) is 2.55. The van der Waals surface area contributed by atoms with Gasteiger partial charge in [0.05, 0.1) is 23.4 Å². The maximum Gasteiger partial charge on any atom is 0.251 e. The van der Waals surface area contributed by atoms with Crippen LogP contribution in [0.4, 0.5) is 5.82 Å². The molecule has 0 unspecified atom stereocenters. The van der Waals surface area contributed by atoms with E-state index in [0.717, 1.165) is 22.2 Å². The topological polar surface area (TPSA) is 84.7 Å². The van der Waals surface area contributed by atoms with Crippen LogP contribution in [0.3, 0.4) is 0 Å². The maximum absolute atomic E-state index is 12.8. The van der Waals surface area contributed by atoms with Crippen molar-refractivity contribution in [3.8, 4) is 5.82 Å². The molecular weight excluding hydrogens is 424 g/mol. The van der Waals surface area contributed by atoms with Gasteiger partial charge in [0.25, 0.3) is 5.91 Å². The van der Waals surface area contributed by atoms with Gasteiger partial charge in [0.2, 0.25) is 0 Å². The largest absolute Gasteiger partial charge is 0.362 e. The van der Waals surface area contributed by atoms with Crippen LogP contribution in [0, 0.1) is 0 Å². The van der Waals surface area contributed by atoms with Crippen molar-refractivity contribution in [2.45, 2.75) is 19.5 Å². The normalized spacial score (nSPS) is 11.8. The van der Waals surface area contributed by atoms with Gasteiger partial charge < -0.3 is 10.6 Å². The molecule has 0 saturated heterocycles. The summed E-state index contributed by atoms with van der Waals surface area (Å²) in [7, 11) is 0. The number of rotatable bonds is 7. The van der Waals surface area contributed by atoms with Crippen molar-refractivity contribution in [1.82, 2.24) is 24.8 Å². The number of aromatic nitrogens is 4. The van der Waals surface area contributed by atoms with Gasteiger partial charge in [-0.3, -0.25) is 14.3 Å². The van der Waals surface area contributed by atoms with Crippen LogP contribution in [-0.4, -0.2) is 25.4 Å². The summed E-state index contributed by atoms with van der Waals surface area (Å²) in [6, 6.07) is 25.5. The van der Waals surface area contributed by atoms with Crippen LogP contribution in [0.25, 0.3) is 16.9 Å². The monoisotopic (exact) mass is 448 g/mol. The van der Waals surface area contributed by atoms with E-state index in [-0.39, 0.29) is 11.9 Å². The molecule has 7 heteroatoms. The van der Waals surface area contributed by atoms with Gasteiger partial charge in [0.15, 0.2) is 5.82 Å². The van der Waals surface area contributed by atoms with Crippen LogP contribution in [0.5, 0.6) is 0 Å². The fraction of sp³-hybridized carbons (Fsp3) is 0.111. The van der Waals surface area contributed by atoms with Gasteiger partial charge >= 0.3 is 0 Å².